The molecule has 288 valence electrons. The summed E-state index contributed by atoms with van der Waals surface area (Å²) in [5, 5.41) is 13.2. The summed E-state index contributed by atoms with van der Waals surface area (Å²) in [5.41, 5.74) is 3.57. The summed E-state index contributed by atoms with van der Waals surface area (Å²) in [6.45, 7) is 15.0. The Morgan fingerprint density at radius 2 is 1.71 bits per heavy atom. The lowest BCUT2D eigenvalue weighted by Crippen LogP contribution is -2.68. The number of rotatable bonds is 10. The van der Waals surface area contributed by atoms with Gasteiger partial charge in [0, 0.05) is 52.0 Å². The second-order valence-corrected chi connectivity index (χ2v) is 20.1. The lowest BCUT2D eigenvalue weighted by molar-refractivity contribution is -0.210. The molecule has 0 radical (unpaired) electrons. The molecule has 1 aromatic carbocycles. The van der Waals surface area contributed by atoms with Gasteiger partial charge >= 0.3 is 12.0 Å². The Hall–Kier alpha value is -2.07. The topological polar surface area (TPSA) is 105 Å². The van der Waals surface area contributed by atoms with Crippen LogP contribution in [0.4, 0.5) is 4.79 Å². The van der Waals surface area contributed by atoms with Crippen LogP contribution in [0.2, 0.25) is 0 Å². The zero-order chi connectivity index (χ0) is 36.9. The molecule has 9 atom stereocenters. The monoisotopic (exact) mass is 735 g/mol. The van der Waals surface area contributed by atoms with Gasteiger partial charge in [-0.15, -0.1) is 0 Å². The van der Waals surface area contributed by atoms with Gasteiger partial charge in [0.1, 0.15) is 11.5 Å². The van der Waals surface area contributed by atoms with E-state index in [0.717, 1.165) is 56.8 Å². The third kappa shape index (κ3) is 6.55. The van der Waals surface area contributed by atoms with Crippen molar-refractivity contribution in [3.05, 3.63) is 41.5 Å². The van der Waals surface area contributed by atoms with Gasteiger partial charge in [-0.25, -0.2) is 9.59 Å². The van der Waals surface area contributed by atoms with Gasteiger partial charge < -0.3 is 24.6 Å². The number of allylic oxidation sites excluding steroid dienone is 2. The van der Waals surface area contributed by atoms with Gasteiger partial charge in [0.25, 0.3) is 0 Å². The first-order valence-corrected chi connectivity index (χ1v) is 22.0. The Labute approximate surface area is 316 Å². The van der Waals surface area contributed by atoms with E-state index in [9.17, 15) is 19.2 Å². The summed E-state index contributed by atoms with van der Waals surface area (Å²) in [7, 11) is 1.73. The number of nitrogens with zero attached hydrogens (tertiary/aromatic N) is 2. The standard InChI is InChI=1S/C43H65N3O5S/c1-30-33(31-9-11-32(12-10-31)38(47)48)15-18-40(2)34(30)16-19-42(4)37(40)14-13-35-36-8-6-17-43(36,21-20-41(35,42)3)44-39(49)46(22-7-27-51-5)24-23-45-25-28-52(50)29-26-45/h9-12,15,30,34-37H,6-8,13-14,16-29H2,1-5H3,(H,44,49)(H,47,48)/t30?,34?,35?,36?,37?,40?,41-,42?,43?/m1/s1. The molecule has 7 rings (SSSR count). The Morgan fingerprint density at radius 1 is 0.962 bits per heavy atom. The van der Waals surface area contributed by atoms with Crippen molar-refractivity contribution in [1.29, 1.82) is 0 Å². The molecule has 5 aliphatic carbocycles. The van der Waals surface area contributed by atoms with Gasteiger partial charge in [-0.05, 0) is 133 Å². The van der Waals surface area contributed by atoms with E-state index < -0.39 is 17.1 Å². The van der Waals surface area contributed by atoms with Gasteiger partial charge in [0.15, 0.2) is 0 Å². The fraction of sp³-hybridized carbons (Fsp3) is 0.767. The maximum atomic E-state index is 14.3. The molecule has 2 N–H and O–H groups in total. The van der Waals surface area contributed by atoms with E-state index in [1.807, 2.05) is 12.1 Å². The predicted octanol–water partition coefficient (Wildman–Crippen LogP) is 7.71. The van der Waals surface area contributed by atoms with Gasteiger partial charge in [-0.1, -0.05) is 63.5 Å². The fourth-order valence-corrected chi connectivity index (χ4v) is 14.5. The minimum Gasteiger partial charge on any atom is -0.616 e. The summed E-state index contributed by atoms with van der Waals surface area (Å²) in [6, 6.07) is 7.65. The lowest BCUT2D eigenvalue weighted by Gasteiger charge is -2.71. The van der Waals surface area contributed by atoms with Crippen molar-refractivity contribution in [3.8, 4) is 0 Å². The number of urea groups is 1. The molecule has 8 nitrogen and oxygen atoms in total. The summed E-state index contributed by atoms with van der Waals surface area (Å²) >= 11 is -0.698. The molecule has 5 fully saturated rings. The quantitative estimate of drug-likeness (QED) is 0.189. The van der Waals surface area contributed by atoms with Gasteiger partial charge in [0.05, 0.1) is 5.56 Å². The number of aromatic carboxylic acids is 1. The van der Waals surface area contributed by atoms with E-state index in [0.29, 0.717) is 54.8 Å². The van der Waals surface area contributed by atoms with Gasteiger partial charge in [0.2, 0.25) is 0 Å². The van der Waals surface area contributed by atoms with Crippen molar-refractivity contribution in [2.24, 2.45) is 45.8 Å². The van der Waals surface area contributed by atoms with Crippen molar-refractivity contribution in [3.63, 3.8) is 0 Å². The van der Waals surface area contributed by atoms with E-state index in [1.54, 1.807) is 19.2 Å². The van der Waals surface area contributed by atoms with E-state index in [-0.39, 0.29) is 27.8 Å². The second kappa shape index (κ2) is 14.9. The van der Waals surface area contributed by atoms with E-state index in [2.05, 4.69) is 48.9 Å². The van der Waals surface area contributed by atoms with E-state index in [1.165, 1.54) is 56.1 Å². The number of carbonyl (C=O) groups is 2. The van der Waals surface area contributed by atoms with Crippen LogP contribution in [0, 0.1) is 45.8 Å². The van der Waals surface area contributed by atoms with Crippen molar-refractivity contribution in [2.75, 3.05) is 57.9 Å². The third-order valence-electron chi connectivity index (χ3n) is 16.4. The molecule has 0 bridgehead atoms. The predicted molar refractivity (Wildman–Crippen MR) is 209 cm³/mol. The van der Waals surface area contributed by atoms with Crippen LogP contribution in [-0.2, 0) is 15.9 Å². The molecular formula is C43H65N3O5S. The highest BCUT2D eigenvalue weighted by Crippen LogP contribution is 2.75. The minimum absolute atomic E-state index is 0.108. The highest BCUT2D eigenvalue weighted by molar-refractivity contribution is 7.91. The van der Waals surface area contributed by atoms with Crippen molar-refractivity contribution in [1.82, 2.24) is 15.1 Å². The third-order valence-corrected chi connectivity index (χ3v) is 17.7. The number of carbonyl (C=O) groups excluding carboxylic acids is 1. The molecule has 1 aliphatic heterocycles. The van der Waals surface area contributed by atoms with Crippen LogP contribution in [0.25, 0.3) is 5.57 Å². The number of ether oxygens (including phenoxy) is 1. The van der Waals surface area contributed by atoms with Crippen molar-refractivity contribution in [2.45, 2.75) is 104 Å². The first kappa shape index (κ1) is 38.2. The molecule has 1 saturated heterocycles. The largest absolute Gasteiger partial charge is 0.616 e. The van der Waals surface area contributed by atoms with Crippen molar-refractivity contribution >= 4 is 28.7 Å². The number of hydrogen-bond donors (Lipinski definition) is 2. The lowest BCUT2D eigenvalue weighted by atomic mass is 9.34. The zero-order valence-corrected chi connectivity index (χ0v) is 33.4. The summed E-state index contributed by atoms with van der Waals surface area (Å²) in [5.74, 6) is 3.49. The average molecular weight is 736 g/mol. The SMILES string of the molecule is COCCCN(CCN1CC[S+]([O-])CC1)C(=O)NC12CCCC1C1CCC3C4(C)CC=C(c5ccc(C(=O)O)cc5)C(C)C4CCC3(C)[C@]1(C)CC2. The Morgan fingerprint density at radius 3 is 2.42 bits per heavy atom. The average Bonchev–Trinajstić information content (AvgIpc) is 3.54. The molecule has 8 unspecified atom stereocenters. The normalized spacial score (nSPS) is 39.0. The number of methoxy groups -OCH3 is 1. The Bertz CT molecular complexity index is 1500. The number of carboxylic acids is 1. The highest BCUT2D eigenvalue weighted by Gasteiger charge is 2.68. The maximum Gasteiger partial charge on any atom is 0.335 e. The van der Waals surface area contributed by atoms with Crippen LogP contribution in [-0.4, -0.2) is 94.9 Å². The number of nitrogens with one attached hydrogen (secondary N) is 1. The zero-order valence-electron chi connectivity index (χ0n) is 32.6. The smallest absolute Gasteiger partial charge is 0.335 e. The first-order valence-electron chi connectivity index (χ1n) is 20.5. The summed E-state index contributed by atoms with van der Waals surface area (Å²) in [4.78, 5) is 30.2. The number of fused-ring (bicyclic) bond motifs is 7. The van der Waals surface area contributed by atoms with Gasteiger partial charge in [-0.2, -0.15) is 0 Å². The maximum absolute atomic E-state index is 14.3. The molecule has 9 heteroatoms. The molecule has 52 heavy (non-hydrogen) atoms. The number of benzene rings is 1. The van der Waals surface area contributed by atoms with Crippen LogP contribution in [0.3, 0.4) is 0 Å². The van der Waals surface area contributed by atoms with Gasteiger partial charge in [-0.3, -0.25) is 4.90 Å². The molecule has 1 aromatic rings. The summed E-state index contributed by atoms with van der Waals surface area (Å²) in [6.07, 6.45) is 15.3. The number of carboxylic acid groups (broad SMARTS) is 1. The molecule has 0 spiro atoms. The van der Waals surface area contributed by atoms with Crippen LogP contribution < -0.4 is 5.32 Å². The Balaban J connectivity index is 1.07. The van der Waals surface area contributed by atoms with Crippen LogP contribution in [0.5, 0.6) is 0 Å². The summed E-state index contributed by atoms with van der Waals surface area (Å²) < 4.78 is 17.3. The number of hydrogen-bond acceptors (Lipinski definition) is 5. The minimum atomic E-state index is -0.871. The highest BCUT2D eigenvalue weighted by atomic mass is 32.2. The molecule has 2 amide bonds. The van der Waals surface area contributed by atoms with Crippen LogP contribution >= 0.6 is 0 Å². The Kier molecular flexibility index (Phi) is 10.9. The van der Waals surface area contributed by atoms with Crippen LogP contribution in [0.1, 0.15) is 114 Å². The molecule has 4 saturated carbocycles. The number of amides is 2. The molecule has 1 heterocycles. The van der Waals surface area contributed by atoms with Crippen molar-refractivity contribution < 1.29 is 24.0 Å². The molecule has 0 aromatic heterocycles. The molecular weight excluding hydrogens is 671 g/mol. The fourth-order valence-electron chi connectivity index (χ4n) is 13.4. The van der Waals surface area contributed by atoms with Crippen LogP contribution in [0.15, 0.2) is 30.3 Å². The first-order chi connectivity index (χ1) is 24.8. The van der Waals surface area contributed by atoms with E-state index in [4.69, 9.17) is 4.74 Å². The molecule has 6 aliphatic rings. The second-order valence-electron chi connectivity index (χ2n) is 18.4. The van der Waals surface area contributed by atoms with E-state index >= 15 is 0 Å².